The Morgan fingerprint density at radius 2 is 1.69 bits per heavy atom. The predicted octanol–water partition coefficient (Wildman–Crippen LogP) is 6.36. The Morgan fingerprint density at radius 3 is 2.44 bits per heavy atom. The maximum absolute atomic E-state index is 13.7. The van der Waals surface area contributed by atoms with Crippen molar-refractivity contribution in [1.82, 2.24) is 5.32 Å². The molecule has 1 aliphatic heterocycles. The molecule has 5 heteroatoms. The van der Waals surface area contributed by atoms with Gasteiger partial charge in [-0.2, -0.15) is 0 Å². The minimum Gasteiger partial charge on any atom is -0.489 e. The van der Waals surface area contributed by atoms with Gasteiger partial charge in [0.15, 0.2) is 5.78 Å². The van der Waals surface area contributed by atoms with Gasteiger partial charge in [0.25, 0.3) is 0 Å². The number of allylic oxidation sites excluding steroid dienone is 3. The summed E-state index contributed by atoms with van der Waals surface area (Å²) in [4.78, 5) is 27.3. The minimum atomic E-state index is -0.522. The van der Waals surface area contributed by atoms with E-state index in [1.165, 1.54) is 0 Å². The van der Waals surface area contributed by atoms with Crippen LogP contribution in [0.1, 0.15) is 76.3 Å². The van der Waals surface area contributed by atoms with Crippen LogP contribution in [0.4, 0.5) is 0 Å². The van der Waals surface area contributed by atoms with Gasteiger partial charge in [-0.25, -0.2) is 4.79 Å². The highest BCUT2D eigenvalue weighted by molar-refractivity contribution is 6.04. The maximum atomic E-state index is 13.7. The normalized spacial score (nSPS) is 21.8. The van der Waals surface area contributed by atoms with Crippen LogP contribution in [0.2, 0.25) is 0 Å². The third kappa shape index (κ3) is 4.97. The molecule has 2 aromatic rings. The first-order valence-electron chi connectivity index (χ1n) is 13.0. The van der Waals surface area contributed by atoms with Gasteiger partial charge < -0.3 is 14.8 Å². The Labute approximate surface area is 213 Å². The van der Waals surface area contributed by atoms with E-state index in [9.17, 15) is 9.59 Å². The van der Waals surface area contributed by atoms with E-state index in [4.69, 9.17) is 9.47 Å². The predicted molar refractivity (Wildman–Crippen MR) is 139 cm³/mol. The van der Waals surface area contributed by atoms with Crippen molar-refractivity contribution in [2.75, 3.05) is 0 Å². The lowest BCUT2D eigenvalue weighted by Crippen LogP contribution is -2.39. The van der Waals surface area contributed by atoms with Crippen LogP contribution in [-0.4, -0.2) is 17.9 Å². The maximum Gasteiger partial charge on any atom is 0.337 e. The lowest BCUT2D eigenvalue weighted by molar-refractivity contribution is -0.144. The van der Waals surface area contributed by atoms with Crippen molar-refractivity contribution in [3.8, 4) is 5.75 Å². The number of hydrogen-bond donors (Lipinski definition) is 1. The van der Waals surface area contributed by atoms with Crippen LogP contribution in [-0.2, 0) is 20.9 Å². The number of carbonyl (C=O) groups is 2. The summed E-state index contributed by atoms with van der Waals surface area (Å²) in [5, 5.41) is 3.43. The number of nitrogens with one attached hydrogen (secondary N) is 1. The third-order valence-corrected chi connectivity index (χ3v) is 7.50. The fraction of sp³-hybridized carbons (Fsp3) is 0.419. The molecule has 3 aliphatic rings. The van der Waals surface area contributed by atoms with Crippen LogP contribution in [0.25, 0.3) is 0 Å². The quantitative estimate of drug-likeness (QED) is 0.483. The zero-order valence-corrected chi connectivity index (χ0v) is 21.4. The Morgan fingerprint density at radius 1 is 1.00 bits per heavy atom. The van der Waals surface area contributed by atoms with Gasteiger partial charge >= 0.3 is 5.97 Å². The van der Waals surface area contributed by atoms with Crippen molar-refractivity contribution < 1.29 is 19.1 Å². The first kappa shape index (κ1) is 24.4. The van der Waals surface area contributed by atoms with Crippen molar-refractivity contribution in [2.45, 2.75) is 77.9 Å². The summed E-state index contributed by atoms with van der Waals surface area (Å²) in [7, 11) is 0. The van der Waals surface area contributed by atoms with Gasteiger partial charge in [-0.15, -0.1) is 0 Å². The molecule has 188 valence electrons. The van der Waals surface area contributed by atoms with Crippen molar-refractivity contribution >= 4 is 11.8 Å². The van der Waals surface area contributed by atoms with Gasteiger partial charge in [-0.05, 0) is 56.1 Å². The fourth-order valence-electron chi connectivity index (χ4n) is 5.82. The molecule has 0 amide bonds. The zero-order valence-electron chi connectivity index (χ0n) is 21.4. The van der Waals surface area contributed by atoms with Crippen molar-refractivity contribution in [3.05, 3.63) is 88.3 Å². The van der Waals surface area contributed by atoms with E-state index in [2.05, 4.69) is 19.2 Å². The molecule has 0 saturated heterocycles. The zero-order chi connectivity index (χ0) is 25.3. The second-order valence-electron chi connectivity index (χ2n) is 11.1. The monoisotopic (exact) mass is 485 g/mol. The molecule has 1 saturated carbocycles. The Bertz CT molecular complexity index is 1220. The molecule has 0 radical (unpaired) electrons. The highest BCUT2D eigenvalue weighted by Crippen LogP contribution is 2.48. The number of benzene rings is 2. The molecule has 5 nitrogen and oxygen atoms in total. The first-order chi connectivity index (χ1) is 17.3. The number of rotatable bonds is 6. The topological polar surface area (TPSA) is 64.6 Å². The van der Waals surface area contributed by atoms with Crippen LogP contribution in [0.15, 0.2) is 77.1 Å². The van der Waals surface area contributed by atoms with Gasteiger partial charge in [-0.1, -0.05) is 62.4 Å². The van der Waals surface area contributed by atoms with Crippen LogP contribution < -0.4 is 10.1 Å². The summed E-state index contributed by atoms with van der Waals surface area (Å²) in [6.07, 6.45) is 5.09. The standard InChI is InChI=1S/C31H35NO4/c1-20-27(30(34)36-22-13-7-8-14-22)28(29-24(32-20)17-31(2,3)18-25(29)33)23-15-9-10-16-26(23)35-19-21-11-5-4-6-12-21/h4-6,9-12,15-16,22,28,32H,7-8,13-14,17-19H2,1-3H3. The van der Waals surface area contributed by atoms with E-state index in [1.54, 1.807) is 0 Å². The molecule has 36 heavy (non-hydrogen) atoms. The highest BCUT2D eigenvalue weighted by atomic mass is 16.5. The largest absolute Gasteiger partial charge is 0.489 e. The van der Waals surface area contributed by atoms with E-state index in [0.717, 1.165) is 54.6 Å². The van der Waals surface area contributed by atoms with E-state index in [-0.39, 0.29) is 23.3 Å². The lowest BCUT2D eigenvalue weighted by Gasteiger charge is -2.39. The summed E-state index contributed by atoms with van der Waals surface area (Å²) in [5.74, 6) is -0.100. The van der Waals surface area contributed by atoms with Crippen LogP contribution in [0.5, 0.6) is 5.75 Å². The summed E-state index contributed by atoms with van der Waals surface area (Å²) >= 11 is 0. The molecule has 1 N–H and O–H groups in total. The Hall–Kier alpha value is -3.34. The van der Waals surface area contributed by atoms with E-state index in [0.29, 0.717) is 29.9 Å². The number of hydrogen-bond acceptors (Lipinski definition) is 5. The average molecular weight is 486 g/mol. The van der Waals surface area contributed by atoms with Crippen LogP contribution in [0.3, 0.4) is 0 Å². The summed E-state index contributed by atoms with van der Waals surface area (Å²) in [5.41, 5.74) is 4.60. The average Bonchev–Trinajstić information content (AvgIpc) is 3.35. The molecular formula is C31H35NO4. The summed E-state index contributed by atoms with van der Waals surface area (Å²) in [6, 6.07) is 17.8. The second kappa shape index (κ2) is 9.96. The number of ketones is 1. The molecular weight excluding hydrogens is 450 g/mol. The van der Waals surface area contributed by atoms with Crippen molar-refractivity contribution in [2.24, 2.45) is 5.41 Å². The lowest BCUT2D eigenvalue weighted by atomic mass is 9.68. The number of para-hydroxylation sites is 1. The highest BCUT2D eigenvalue weighted by Gasteiger charge is 2.44. The summed E-state index contributed by atoms with van der Waals surface area (Å²) < 4.78 is 12.3. The molecule has 2 aromatic carbocycles. The van der Waals surface area contributed by atoms with Gasteiger partial charge in [0.05, 0.1) is 11.5 Å². The van der Waals surface area contributed by atoms with Gasteiger partial charge in [-0.3, -0.25) is 4.79 Å². The number of Topliss-reactive ketones (excluding diaryl/α,β-unsaturated/α-hetero) is 1. The van der Waals surface area contributed by atoms with Gasteiger partial charge in [0.2, 0.25) is 0 Å². The van der Waals surface area contributed by atoms with E-state index in [1.807, 2.05) is 61.5 Å². The third-order valence-electron chi connectivity index (χ3n) is 7.50. The molecule has 2 aliphatic carbocycles. The number of esters is 1. The number of carbonyl (C=O) groups excluding carboxylic acids is 2. The number of ether oxygens (including phenoxy) is 2. The molecule has 1 heterocycles. The second-order valence-corrected chi connectivity index (χ2v) is 11.1. The molecule has 1 atom stereocenters. The Kier molecular flexibility index (Phi) is 6.74. The SMILES string of the molecule is CC1=C(C(=O)OC2CCCC2)C(c2ccccc2OCc2ccccc2)C2=C(CC(C)(C)CC2=O)N1. The van der Waals surface area contributed by atoms with Crippen molar-refractivity contribution in [1.29, 1.82) is 0 Å². The fourth-order valence-corrected chi connectivity index (χ4v) is 5.82. The number of dihydropyridines is 1. The van der Waals surface area contributed by atoms with Crippen LogP contribution >= 0.6 is 0 Å². The van der Waals surface area contributed by atoms with Gasteiger partial charge in [0.1, 0.15) is 18.5 Å². The smallest absolute Gasteiger partial charge is 0.337 e. The first-order valence-corrected chi connectivity index (χ1v) is 13.0. The van der Waals surface area contributed by atoms with Gasteiger partial charge in [0, 0.05) is 29.0 Å². The molecule has 1 unspecified atom stereocenters. The minimum absolute atomic E-state index is 0.0561. The molecule has 0 spiro atoms. The Balaban J connectivity index is 1.56. The van der Waals surface area contributed by atoms with Crippen LogP contribution in [0, 0.1) is 5.41 Å². The van der Waals surface area contributed by atoms with Crippen molar-refractivity contribution in [3.63, 3.8) is 0 Å². The molecule has 0 bridgehead atoms. The van der Waals surface area contributed by atoms with E-state index < -0.39 is 5.92 Å². The molecule has 5 rings (SSSR count). The molecule has 1 fully saturated rings. The molecule has 0 aromatic heterocycles. The van der Waals surface area contributed by atoms with E-state index >= 15 is 0 Å². The summed E-state index contributed by atoms with van der Waals surface area (Å²) in [6.45, 7) is 6.55.